The number of para-hydroxylation sites is 6. The molecule has 5 nitrogen and oxygen atoms in total. The molecule has 0 N–H and O–H groups in total. The number of fused-ring (bicyclic) bond motifs is 3. The Labute approximate surface area is 219 Å². The first-order chi connectivity index (χ1) is 18.9. The van der Waals surface area contributed by atoms with Crippen molar-refractivity contribution in [3.63, 3.8) is 0 Å². The highest BCUT2D eigenvalue weighted by Gasteiger charge is 2.30. The van der Waals surface area contributed by atoms with Crippen LogP contribution in [0.4, 0.5) is 17.1 Å². The average molecular weight is 488 g/mol. The van der Waals surface area contributed by atoms with Crippen molar-refractivity contribution in [2.75, 3.05) is 4.90 Å². The normalized spacial score (nSPS) is 12.2. The Morgan fingerprint density at radius 1 is 0.421 bits per heavy atom. The fourth-order valence-corrected chi connectivity index (χ4v) is 5.46. The highest BCUT2D eigenvalue weighted by Crippen LogP contribution is 2.48. The Morgan fingerprint density at radius 2 is 1.00 bits per heavy atom. The van der Waals surface area contributed by atoms with Crippen LogP contribution in [-0.4, -0.2) is 19.5 Å². The van der Waals surface area contributed by atoms with Crippen LogP contribution in [0.15, 0.2) is 127 Å². The van der Waals surface area contributed by atoms with E-state index < -0.39 is 0 Å². The van der Waals surface area contributed by atoms with E-state index in [1.807, 2.05) is 48.5 Å². The molecule has 0 radical (unpaired) electrons. The summed E-state index contributed by atoms with van der Waals surface area (Å²) in [5, 5.41) is 0. The van der Waals surface area contributed by atoms with Crippen molar-refractivity contribution in [1.29, 1.82) is 0 Å². The van der Waals surface area contributed by atoms with E-state index in [4.69, 9.17) is 15.0 Å². The average Bonchev–Trinajstić information content (AvgIpc) is 3.38. The fourth-order valence-electron chi connectivity index (χ4n) is 5.46. The molecule has 1 aliphatic heterocycles. The zero-order valence-electron chi connectivity index (χ0n) is 20.4. The minimum Gasteiger partial charge on any atom is -0.306 e. The molecule has 2 aromatic heterocycles. The molecule has 0 spiro atoms. The number of rotatable bonds is 3. The van der Waals surface area contributed by atoms with E-state index in [9.17, 15) is 0 Å². The van der Waals surface area contributed by atoms with E-state index >= 15 is 0 Å². The molecule has 38 heavy (non-hydrogen) atoms. The molecule has 5 heteroatoms. The van der Waals surface area contributed by atoms with Crippen LogP contribution in [0.5, 0.6) is 0 Å². The van der Waals surface area contributed by atoms with Gasteiger partial charge >= 0.3 is 0 Å². The summed E-state index contributed by atoms with van der Waals surface area (Å²) in [5.41, 5.74) is 10.6. The van der Waals surface area contributed by atoms with Crippen molar-refractivity contribution < 1.29 is 0 Å². The molecule has 3 heterocycles. The van der Waals surface area contributed by atoms with Crippen molar-refractivity contribution in [2.45, 2.75) is 0 Å². The Hall–Kier alpha value is -5.29. The van der Waals surface area contributed by atoms with Crippen LogP contribution in [0.1, 0.15) is 0 Å². The smallest absolute Gasteiger partial charge is 0.166 e. The monoisotopic (exact) mass is 487 g/mol. The summed E-state index contributed by atoms with van der Waals surface area (Å²) in [6.45, 7) is 0. The number of hydrogen-bond donors (Lipinski definition) is 0. The topological polar surface area (TPSA) is 46.8 Å². The Bertz CT molecular complexity index is 1980. The van der Waals surface area contributed by atoms with Gasteiger partial charge in [-0.25, -0.2) is 15.0 Å². The van der Waals surface area contributed by atoms with Gasteiger partial charge in [-0.15, -0.1) is 0 Å². The van der Waals surface area contributed by atoms with Gasteiger partial charge in [-0.1, -0.05) is 78.9 Å². The van der Waals surface area contributed by atoms with Gasteiger partial charge in [0.15, 0.2) is 5.82 Å². The van der Waals surface area contributed by atoms with Gasteiger partial charge in [0.25, 0.3) is 0 Å². The van der Waals surface area contributed by atoms with Gasteiger partial charge < -0.3 is 4.90 Å². The SMILES string of the molecule is c1ccc(-c2nc3ccccc3nc2-c2nc3cccc4c3n2-c2ccccc2N4c2ccccc2)cc1. The maximum atomic E-state index is 5.21. The van der Waals surface area contributed by atoms with Gasteiger partial charge in [-0.2, -0.15) is 0 Å². The summed E-state index contributed by atoms with van der Waals surface area (Å²) in [6, 6.07) is 43.6. The van der Waals surface area contributed by atoms with Crippen molar-refractivity contribution >= 4 is 39.1 Å². The number of nitrogens with zero attached hydrogens (tertiary/aromatic N) is 5. The van der Waals surface area contributed by atoms with E-state index in [0.29, 0.717) is 0 Å². The number of anilines is 3. The molecule has 0 bridgehead atoms. The minimum atomic E-state index is 0.764. The Kier molecular flexibility index (Phi) is 4.45. The molecule has 7 aromatic rings. The van der Waals surface area contributed by atoms with Crippen LogP contribution in [0.2, 0.25) is 0 Å². The van der Waals surface area contributed by atoms with Crippen LogP contribution in [0.25, 0.3) is 50.5 Å². The fraction of sp³-hybridized carbons (Fsp3) is 0. The molecule has 5 aromatic carbocycles. The van der Waals surface area contributed by atoms with Crippen LogP contribution >= 0.6 is 0 Å². The molecule has 0 saturated carbocycles. The van der Waals surface area contributed by atoms with Crippen LogP contribution in [0.3, 0.4) is 0 Å². The lowest BCUT2D eigenvalue weighted by Crippen LogP contribution is -2.18. The number of benzene rings is 5. The van der Waals surface area contributed by atoms with Gasteiger partial charge in [-0.05, 0) is 48.5 Å². The van der Waals surface area contributed by atoms with Gasteiger partial charge in [0.05, 0.1) is 39.1 Å². The zero-order chi connectivity index (χ0) is 25.1. The second kappa shape index (κ2) is 8.11. The molecule has 0 saturated heterocycles. The predicted octanol–water partition coefficient (Wildman–Crippen LogP) is 8.09. The molecule has 1 aliphatic rings. The summed E-state index contributed by atoms with van der Waals surface area (Å²) >= 11 is 0. The van der Waals surface area contributed by atoms with E-state index in [1.165, 1.54) is 0 Å². The molecule has 0 unspecified atom stereocenters. The van der Waals surface area contributed by atoms with Crippen molar-refractivity contribution in [3.8, 4) is 28.5 Å². The zero-order valence-corrected chi connectivity index (χ0v) is 20.4. The quantitative estimate of drug-likeness (QED) is 0.253. The van der Waals surface area contributed by atoms with Gasteiger partial charge in [-0.3, -0.25) is 4.57 Å². The Balaban J connectivity index is 1.49. The van der Waals surface area contributed by atoms with E-state index in [-0.39, 0.29) is 0 Å². The molecule has 0 fully saturated rings. The third-order valence-corrected chi connectivity index (χ3v) is 7.10. The van der Waals surface area contributed by atoms with E-state index in [1.54, 1.807) is 0 Å². The highest BCUT2D eigenvalue weighted by molar-refractivity contribution is 6.03. The lowest BCUT2D eigenvalue weighted by molar-refractivity contribution is 1.05. The summed E-state index contributed by atoms with van der Waals surface area (Å²) in [6.07, 6.45) is 0. The lowest BCUT2D eigenvalue weighted by atomic mass is 10.1. The van der Waals surface area contributed by atoms with E-state index in [0.717, 1.165) is 67.6 Å². The Morgan fingerprint density at radius 3 is 1.76 bits per heavy atom. The number of imidazole rings is 1. The maximum absolute atomic E-state index is 5.21. The minimum absolute atomic E-state index is 0.764. The molecule has 0 atom stereocenters. The lowest BCUT2D eigenvalue weighted by Gasteiger charge is -2.32. The van der Waals surface area contributed by atoms with Crippen molar-refractivity contribution in [2.24, 2.45) is 0 Å². The first-order valence-electron chi connectivity index (χ1n) is 12.7. The molecule has 0 aliphatic carbocycles. The molecular weight excluding hydrogens is 466 g/mol. The molecule has 8 rings (SSSR count). The molecule has 178 valence electrons. The number of hydrogen-bond acceptors (Lipinski definition) is 4. The maximum Gasteiger partial charge on any atom is 0.166 e. The van der Waals surface area contributed by atoms with Crippen LogP contribution in [-0.2, 0) is 0 Å². The van der Waals surface area contributed by atoms with Crippen molar-refractivity contribution in [3.05, 3.63) is 127 Å². The van der Waals surface area contributed by atoms with Gasteiger partial charge in [0.1, 0.15) is 11.4 Å². The van der Waals surface area contributed by atoms with Crippen LogP contribution in [0, 0.1) is 0 Å². The number of aromatic nitrogens is 4. The summed E-state index contributed by atoms with van der Waals surface area (Å²) in [7, 11) is 0. The highest BCUT2D eigenvalue weighted by atomic mass is 15.2. The van der Waals surface area contributed by atoms with Crippen molar-refractivity contribution in [1.82, 2.24) is 19.5 Å². The second-order valence-corrected chi connectivity index (χ2v) is 9.35. The van der Waals surface area contributed by atoms with Crippen LogP contribution < -0.4 is 4.90 Å². The molecular formula is C33H21N5. The summed E-state index contributed by atoms with van der Waals surface area (Å²) < 4.78 is 2.25. The predicted molar refractivity (Wildman–Crippen MR) is 153 cm³/mol. The standard InChI is InChI=1S/C33H21N5/c1-3-12-22(13-4-1)30-31(35-25-17-8-7-16-24(25)34-30)33-36-26-18-11-21-29-32(26)38(33)28-20-10-9-19-27(28)37(29)23-14-5-2-6-15-23/h1-21H. The summed E-state index contributed by atoms with van der Waals surface area (Å²) in [4.78, 5) is 17.8. The van der Waals surface area contributed by atoms with Gasteiger partial charge in [0.2, 0.25) is 0 Å². The third-order valence-electron chi connectivity index (χ3n) is 7.10. The van der Waals surface area contributed by atoms with Gasteiger partial charge in [0, 0.05) is 11.3 Å². The third kappa shape index (κ3) is 3.02. The summed E-state index contributed by atoms with van der Waals surface area (Å²) in [5.74, 6) is 0.782. The largest absolute Gasteiger partial charge is 0.306 e. The second-order valence-electron chi connectivity index (χ2n) is 9.35. The van der Waals surface area contributed by atoms with E-state index in [2.05, 4.69) is 88.3 Å². The first kappa shape index (κ1) is 20.9. The molecule has 0 amide bonds. The first-order valence-corrected chi connectivity index (χ1v) is 12.7.